The van der Waals surface area contributed by atoms with Crippen LogP contribution in [0.15, 0.2) is 77.9 Å². The number of likely N-dealkylation sites (tertiary alicyclic amines) is 1. The number of nitrogen functional groups attached to an aromatic ring is 1. The molecule has 6 aromatic rings. The van der Waals surface area contributed by atoms with Gasteiger partial charge >= 0.3 is 0 Å². The van der Waals surface area contributed by atoms with Crippen molar-refractivity contribution < 1.29 is 9.90 Å². The van der Waals surface area contributed by atoms with Crippen LogP contribution in [0, 0.1) is 11.8 Å². The Labute approximate surface area is 311 Å². The number of unbranched alkanes of at least 4 members (excludes halogenated alkanes) is 1. The number of aromatic amines is 1. The Morgan fingerprint density at radius 2 is 1.85 bits per heavy atom. The standard InChI is InChI=1S/C40H40ClN9O3/c1-48(2)29-18-20-49(21-19-29)33(52)13-5-3-4-8-25-9-7-12-32-34(25)40(53)46-38(45-32)31(27-10-6-11-28(41)22-27)23-50-39-35(37(42)43-24-44-39)36(47-50)26-14-16-30(51)17-15-26/h6-7,9-12,14-17,22,24,29,31,51H,3,5,13,18-21,23H2,1-2H3,(H2,42,43,44)(H,45,46,53). The number of phenols is 1. The molecular weight excluding hydrogens is 690 g/mol. The fraction of sp³-hybridized carbons (Fsp3) is 0.300. The molecule has 1 atom stereocenters. The lowest BCUT2D eigenvalue weighted by molar-refractivity contribution is -0.132. The van der Waals surface area contributed by atoms with E-state index in [-0.39, 0.29) is 29.6 Å². The van der Waals surface area contributed by atoms with Gasteiger partial charge in [-0.15, -0.1) is 0 Å². The fourth-order valence-electron chi connectivity index (χ4n) is 6.98. The number of piperidine rings is 1. The first-order chi connectivity index (χ1) is 25.7. The van der Waals surface area contributed by atoms with E-state index in [1.165, 1.54) is 6.33 Å². The summed E-state index contributed by atoms with van der Waals surface area (Å²) < 4.78 is 1.73. The van der Waals surface area contributed by atoms with Crippen molar-refractivity contribution in [1.82, 2.24) is 39.5 Å². The molecule has 13 heteroatoms. The minimum absolute atomic E-state index is 0.126. The van der Waals surface area contributed by atoms with Crippen LogP contribution >= 0.6 is 11.6 Å². The summed E-state index contributed by atoms with van der Waals surface area (Å²) in [7, 11) is 4.18. The molecule has 1 aliphatic heterocycles. The summed E-state index contributed by atoms with van der Waals surface area (Å²) in [6.45, 7) is 1.81. The SMILES string of the molecule is CN(C)C1CCN(C(=O)CCCC#Cc2cccc3nc(C(Cn4nc(-c5ccc(O)cc5)c5c(N)ncnc54)c4cccc(Cl)c4)[nH]c(=O)c23)CC1. The molecule has 1 aliphatic rings. The van der Waals surface area contributed by atoms with Crippen molar-refractivity contribution in [3.8, 4) is 28.8 Å². The molecule has 3 aromatic heterocycles. The van der Waals surface area contributed by atoms with E-state index in [4.69, 9.17) is 27.4 Å². The van der Waals surface area contributed by atoms with Crippen LogP contribution in [0.3, 0.4) is 0 Å². The second kappa shape index (κ2) is 15.5. The molecule has 7 rings (SSSR count). The number of carbonyl (C=O) groups is 1. The lowest BCUT2D eigenvalue weighted by Crippen LogP contribution is -2.44. The van der Waals surface area contributed by atoms with Crippen molar-refractivity contribution in [1.29, 1.82) is 0 Å². The Morgan fingerprint density at radius 1 is 1.08 bits per heavy atom. The van der Waals surface area contributed by atoms with Gasteiger partial charge < -0.3 is 25.6 Å². The van der Waals surface area contributed by atoms with Gasteiger partial charge in [0.1, 0.15) is 29.4 Å². The number of hydrogen-bond donors (Lipinski definition) is 3. The summed E-state index contributed by atoms with van der Waals surface area (Å²) in [4.78, 5) is 47.6. The number of anilines is 1. The Bertz CT molecular complexity index is 2410. The molecule has 0 saturated carbocycles. The highest BCUT2D eigenvalue weighted by molar-refractivity contribution is 6.30. The molecule has 1 unspecified atom stereocenters. The van der Waals surface area contributed by atoms with Crippen molar-refractivity contribution in [2.45, 2.75) is 50.6 Å². The topological polar surface area (TPSA) is 159 Å². The molecule has 3 aromatic carbocycles. The van der Waals surface area contributed by atoms with Crippen LogP contribution in [-0.4, -0.2) is 83.8 Å². The van der Waals surface area contributed by atoms with Gasteiger partial charge in [0, 0.05) is 48.1 Å². The van der Waals surface area contributed by atoms with E-state index in [1.807, 2.05) is 35.2 Å². The molecule has 0 aliphatic carbocycles. The maximum Gasteiger partial charge on any atom is 0.260 e. The number of nitrogens with two attached hydrogens (primary N) is 1. The van der Waals surface area contributed by atoms with Gasteiger partial charge in [0.25, 0.3) is 5.56 Å². The molecule has 270 valence electrons. The van der Waals surface area contributed by atoms with Crippen LogP contribution in [0.4, 0.5) is 5.82 Å². The number of nitrogens with one attached hydrogen (secondary N) is 1. The largest absolute Gasteiger partial charge is 0.508 e. The molecule has 12 nitrogen and oxygen atoms in total. The van der Waals surface area contributed by atoms with Crippen LogP contribution in [0.2, 0.25) is 5.02 Å². The summed E-state index contributed by atoms with van der Waals surface area (Å²) in [6.07, 6.45) is 5.02. The predicted molar refractivity (Wildman–Crippen MR) is 207 cm³/mol. The van der Waals surface area contributed by atoms with Crippen molar-refractivity contribution in [2.75, 3.05) is 32.9 Å². The fourth-order valence-corrected chi connectivity index (χ4v) is 7.18. The maximum atomic E-state index is 13.8. The molecule has 1 saturated heterocycles. The Morgan fingerprint density at radius 3 is 2.60 bits per heavy atom. The van der Waals surface area contributed by atoms with Gasteiger partial charge in [-0.2, -0.15) is 5.10 Å². The van der Waals surface area contributed by atoms with E-state index in [9.17, 15) is 14.7 Å². The normalized spacial score (nSPS) is 14.1. The third-order valence-electron chi connectivity index (χ3n) is 9.85. The second-order valence-electron chi connectivity index (χ2n) is 13.5. The van der Waals surface area contributed by atoms with Crippen molar-refractivity contribution in [2.24, 2.45) is 0 Å². The van der Waals surface area contributed by atoms with E-state index in [0.29, 0.717) is 69.3 Å². The average Bonchev–Trinajstić information content (AvgIpc) is 3.53. The van der Waals surface area contributed by atoms with Gasteiger partial charge in [-0.05, 0) is 87.5 Å². The molecule has 0 spiro atoms. The van der Waals surface area contributed by atoms with E-state index >= 15 is 0 Å². The number of nitrogens with zero attached hydrogens (tertiary/aromatic N) is 7. The number of aromatic nitrogens is 6. The van der Waals surface area contributed by atoms with Crippen LogP contribution in [0.5, 0.6) is 5.75 Å². The molecule has 0 bridgehead atoms. The van der Waals surface area contributed by atoms with Crippen molar-refractivity contribution >= 4 is 45.3 Å². The third-order valence-corrected chi connectivity index (χ3v) is 10.1. The molecule has 1 amide bonds. The van der Waals surface area contributed by atoms with Crippen LogP contribution < -0.4 is 11.3 Å². The van der Waals surface area contributed by atoms with Gasteiger partial charge in [-0.1, -0.05) is 41.6 Å². The third kappa shape index (κ3) is 7.72. The maximum absolute atomic E-state index is 13.8. The number of H-pyrrole nitrogens is 1. The Balaban J connectivity index is 1.16. The first kappa shape index (κ1) is 35.6. The number of phenolic OH excluding ortho intramolecular Hbond substituents is 1. The zero-order valence-electron chi connectivity index (χ0n) is 29.6. The van der Waals surface area contributed by atoms with Crippen LogP contribution in [0.1, 0.15) is 55.0 Å². The highest BCUT2D eigenvalue weighted by Crippen LogP contribution is 2.34. The lowest BCUT2D eigenvalue weighted by atomic mass is 9.97. The van der Waals surface area contributed by atoms with Gasteiger partial charge in [0.05, 0.1) is 28.8 Å². The number of carbonyl (C=O) groups excluding carboxylic acids is 1. The highest BCUT2D eigenvalue weighted by atomic mass is 35.5. The van der Waals surface area contributed by atoms with Crippen molar-refractivity contribution in [3.05, 3.63) is 105 Å². The van der Waals surface area contributed by atoms with Gasteiger partial charge in [0.15, 0.2) is 5.65 Å². The van der Waals surface area contributed by atoms with E-state index in [1.54, 1.807) is 41.1 Å². The minimum Gasteiger partial charge on any atom is -0.508 e. The van der Waals surface area contributed by atoms with Crippen LogP contribution in [0.25, 0.3) is 33.2 Å². The minimum atomic E-state index is -0.501. The van der Waals surface area contributed by atoms with Gasteiger partial charge in [0.2, 0.25) is 5.91 Å². The highest BCUT2D eigenvalue weighted by Gasteiger charge is 2.25. The number of hydrogen-bond acceptors (Lipinski definition) is 9. The van der Waals surface area contributed by atoms with E-state index < -0.39 is 5.92 Å². The number of aromatic hydroxyl groups is 1. The zero-order chi connectivity index (χ0) is 37.1. The lowest BCUT2D eigenvalue weighted by Gasteiger charge is -2.35. The monoisotopic (exact) mass is 729 g/mol. The predicted octanol–water partition coefficient (Wildman–Crippen LogP) is 5.58. The van der Waals surface area contributed by atoms with Crippen LogP contribution in [-0.2, 0) is 11.3 Å². The molecule has 4 N–H and O–H groups in total. The van der Waals surface area contributed by atoms with E-state index in [0.717, 1.165) is 37.1 Å². The average molecular weight is 730 g/mol. The molecular formula is C40H40ClN9O3. The number of halogens is 1. The summed E-state index contributed by atoms with van der Waals surface area (Å²) in [6, 6.07) is 20.0. The quantitative estimate of drug-likeness (QED) is 0.128. The summed E-state index contributed by atoms with van der Waals surface area (Å²) in [5.41, 5.74) is 9.70. The number of fused-ring (bicyclic) bond motifs is 2. The number of benzene rings is 3. The smallest absolute Gasteiger partial charge is 0.260 e. The summed E-state index contributed by atoms with van der Waals surface area (Å²) in [5, 5.41) is 16.3. The molecule has 53 heavy (non-hydrogen) atoms. The van der Waals surface area contributed by atoms with Gasteiger partial charge in [-0.25, -0.2) is 19.6 Å². The number of rotatable bonds is 9. The Hall–Kier alpha value is -5.77. The summed E-state index contributed by atoms with van der Waals surface area (Å²) >= 11 is 6.47. The Kier molecular flexibility index (Phi) is 10.4. The summed E-state index contributed by atoms with van der Waals surface area (Å²) in [5.74, 6) is 6.82. The van der Waals surface area contributed by atoms with Crippen molar-refractivity contribution in [3.63, 3.8) is 0 Å². The molecule has 1 fully saturated rings. The van der Waals surface area contributed by atoms with E-state index in [2.05, 4.69) is 45.8 Å². The molecule has 0 radical (unpaired) electrons. The van der Waals surface area contributed by atoms with Gasteiger partial charge in [-0.3, -0.25) is 9.59 Å². The first-order valence-electron chi connectivity index (χ1n) is 17.6. The number of amides is 1. The molecule has 4 heterocycles. The zero-order valence-corrected chi connectivity index (χ0v) is 30.3. The second-order valence-corrected chi connectivity index (χ2v) is 14.0. The first-order valence-corrected chi connectivity index (χ1v) is 18.0.